The predicted octanol–water partition coefficient (Wildman–Crippen LogP) is 4.59. The van der Waals surface area contributed by atoms with Crippen LogP contribution in [0.2, 0.25) is 10.0 Å². The molecule has 2 aromatic rings. The van der Waals surface area contributed by atoms with Crippen molar-refractivity contribution in [3.05, 3.63) is 58.1 Å². The standard InChI is InChI=1S/C16H14Cl2N2O2/c1-2-15(21)19-12-6-7-13(18)14(9-12)20-16(22)10-4-3-5-11(17)8-10/h3-9H,2H2,1H3,(H,19,21)(H,20,22). The topological polar surface area (TPSA) is 58.2 Å². The molecule has 0 atom stereocenters. The zero-order valence-corrected chi connectivity index (χ0v) is 13.3. The molecule has 2 rings (SSSR count). The normalized spacial score (nSPS) is 10.1. The smallest absolute Gasteiger partial charge is 0.255 e. The van der Waals surface area contributed by atoms with Crippen LogP contribution >= 0.6 is 23.2 Å². The van der Waals surface area contributed by atoms with Crippen molar-refractivity contribution in [1.29, 1.82) is 0 Å². The first-order chi connectivity index (χ1) is 10.5. The van der Waals surface area contributed by atoms with Crippen LogP contribution in [0.15, 0.2) is 42.5 Å². The minimum atomic E-state index is -0.330. The second kappa shape index (κ2) is 7.29. The molecule has 0 radical (unpaired) electrons. The quantitative estimate of drug-likeness (QED) is 0.857. The summed E-state index contributed by atoms with van der Waals surface area (Å²) in [5, 5.41) is 6.27. The van der Waals surface area contributed by atoms with Crippen LogP contribution in [0.1, 0.15) is 23.7 Å². The number of halogens is 2. The third-order valence-electron chi connectivity index (χ3n) is 2.91. The van der Waals surface area contributed by atoms with Crippen molar-refractivity contribution in [3.63, 3.8) is 0 Å². The Labute approximate surface area is 138 Å². The predicted molar refractivity (Wildman–Crippen MR) is 89.8 cm³/mol. The highest BCUT2D eigenvalue weighted by Gasteiger charge is 2.10. The van der Waals surface area contributed by atoms with Gasteiger partial charge >= 0.3 is 0 Å². The third-order valence-corrected chi connectivity index (χ3v) is 3.47. The number of carbonyl (C=O) groups excluding carboxylic acids is 2. The highest BCUT2D eigenvalue weighted by molar-refractivity contribution is 6.34. The van der Waals surface area contributed by atoms with Gasteiger partial charge in [0.1, 0.15) is 0 Å². The molecule has 114 valence electrons. The number of anilines is 2. The van der Waals surface area contributed by atoms with Crippen molar-refractivity contribution in [1.82, 2.24) is 0 Å². The minimum absolute atomic E-state index is 0.116. The van der Waals surface area contributed by atoms with E-state index in [0.29, 0.717) is 33.4 Å². The molecular weight excluding hydrogens is 323 g/mol. The fourth-order valence-corrected chi connectivity index (χ4v) is 2.13. The Balaban J connectivity index is 2.19. The summed E-state index contributed by atoms with van der Waals surface area (Å²) in [6, 6.07) is 11.5. The molecule has 0 aliphatic rings. The summed E-state index contributed by atoms with van der Waals surface area (Å²) < 4.78 is 0. The van der Waals surface area contributed by atoms with E-state index in [1.54, 1.807) is 49.4 Å². The van der Waals surface area contributed by atoms with E-state index in [2.05, 4.69) is 10.6 Å². The molecule has 0 saturated carbocycles. The fourth-order valence-electron chi connectivity index (χ4n) is 1.77. The molecule has 0 fully saturated rings. The van der Waals surface area contributed by atoms with E-state index in [9.17, 15) is 9.59 Å². The van der Waals surface area contributed by atoms with Crippen LogP contribution in [0.3, 0.4) is 0 Å². The lowest BCUT2D eigenvalue weighted by molar-refractivity contribution is -0.115. The number of benzene rings is 2. The van der Waals surface area contributed by atoms with Crippen molar-refractivity contribution >= 4 is 46.4 Å². The number of hydrogen-bond acceptors (Lipinski definition) is 2. The molecule has 0 aliphatic carbocycles. The van der Waals surface area contributed by atoms with E-state index in [-0.39, 0.29) is 11.8 Å². The maximum Gasteiger partial charge on any atom is 0.255 e. The van der Waals surface area contributed by atoms with E-state index in [4.69, 9.17) is 23.2 Å². The average molecular weight is 337 g/mol. The molecule has 0 unspecified atom stereocenters. The van der Waals surface area contributed by atoms with Crippen LogP contribution in [0.5, 0.6) is 0 Å². The summed E-state index contributed by atoms with van der Waals surface area (Å²) in [4.78, 5) is 23.6. The van der Waals surface area contributed by atoms with Gasteiger partial charge in [-0.2, -0.15) is 0 Å². The number of nitrogens with one attached hydrogen (secondary N) is 2. The number of amides is 2. The first-order valence-corrected chi connectivity index (χ1v) is 7.41. The van der Waals surface area contributed by atoms with Gasteiger partial charge in [-0.25, -0.2) is 0 Å². The Morgan fingerprint density at radius 2 is 1.82 bits per heavy atom. The summed E-state index contributed by atoms with van der Waals surface area (Å²) >= 11 is 11.9. The fraction of sp³-hybridized carbons (Fsp3) is 0.125. The van der Waals surface area contributed by atoms with Crippen LogP contribution in [-0.2, 0) is 4.79 Å². The van der Waals surface area contributed by atoms with Crippen LogP contribution in [0.25, 0.3) is 0 Å². The van der Waals surface area contributed by atoms with Gasteiger partial charge in [-0.15, -0.1) is 0 Å². The van der Waals surface area contributed by atoms with Gasteiger partial charge < -0.3 is 10.6 Å². The van der Waals surface area contributed by atoms with Crippen molar-refractivity contribution in [2.45, 2.75) is 13.3 Å². The zero-order chi connectivity index (χ0) is 16.1. The number of hydrogen-bond donors (Lipinski definition) is 2. The lowest BCUT2D eigenvalue weighted by Gasteiger charge is -2.10. The largest absolute Gasteiger partial charge is 0.326 e. The molecule has 0 bridgehead atoms. The molecule has 2 aromatic carbocycles. The van der Waals surface area contributed by atoms with E-state index < -0.39 is 0 Å². The highest BCUT2D eigenvalue weighted by Crippen LogP contribution is 2.26. The van der Waals surface area contributed by atoms with Gasteiger partial charge in [0.25, 0.3) is 5.91 Å². The number of rotatable bonds is 4. The van der Waals surface area contributed by atoms with Gasteiger partial charge in [0.05, 0.1) is 10.7 Å². The molecule has 0 saturated heterocycles. The lowest BCUT2D eigenvalue weighted by Crippen LogP contribution is -2.13. The Kier molecular flexibility index (Phi) is 5.41. The van der Waals surface area contributed by atoms with Crippen LogP contribution in [0.4, 0.5) is 11.4 Å². The molecule has 0 spiro atoms. The van der Waals surface area contributed by atoms with Crippen LogP contribution in [0, 0.1) is 0 Å². The lowest BCUT2D eigenvalue weighted by atomic mass is 10.2. The summed E-state index contributed by atoms with van der Waals surface area (Å²) in [5.74, 6) is -0.446. The van der Waals surface area contributed by atoms with E-state index in [1.165, 1.54) is 0 Å². The van der Waals surface area contributed by atoms with Gasteiger partial charge in [-0.1, -0.05) is 36.2 Å². The maximum atomic E-state index is 12.2. The Morgan fingerprint density at radius 3 is 2.50 bits per heavy atom. The van der Waals surface area contributed by atoms with Crippen LogP contribution in [-0.4, -0.2) is 11.8 Å². The van der Waals surface area contributed by atoms with Gasteiger partial charge in [-0.3, -0.25) is 9.59 Å². The monoisotopic (exact) mass is 336 g/mol. The SMILES string of the molecule is CCC(=O)Nc1ccc(Cl)c(NC(=O)c2cccc(Cl)c2)c1. The maximum absolute atomic E-state index is 12.2. The van der Waals surface area contributed by atoms with Crippen molar-refractivity contribution in [2.24, 2.45) is 0 Å². The van der Waals surface area contributed by atoms with Crippen molar-refractivity contribution in [3.8, 4) is 0 Å². The molecule has 0 heterocycles. The summed E-state index contributed by atoms with van der Waals surface area (Å²) in [7, 11) is 0. The van der Waals surface area contributed by atoms with Crippen molar-refractivity contribution in [2.75, 3.05) is 10.6 Å². The second-order valence-corrected chi connectivity index (χ2v) is 5.40. The molecule has 0 aromatic heterocycles. The van der Waals surface area contributed by atoms with Crippen molar-refractivity contribution < 1.29 is 9.59 Å². The molecule has 6 heteroatoms. The summed E-state index contributed by atoms with van der Waals surface area (Å²) in [6.07, 6.45) is 0.368. The average Bonchev–Trinajstić information content (AvgIpc) is 2.50. The zero-order valence-electron chi connectivity index (χ0n) is 11.8. The van der Waals surface area contributed by atoms with Gasteiger partial charge in [-0.05, 0) is 36.4 Å². The Hall–Kier alpha value is -2.04. The minimum Gasteiger partial charge on any atom is -0.326 e. The number of carbonyl (C=O) groups is 2. The van der Waals surface area contributed by atoms with Gasteiger partial charge in [0, 0.05) is 22.7 Å². The van der Waals surface area contributed by atoms with Gasteiger partial charge in [0.15, 0.2) is 0 Å². The third kappa shape index (κ3) is 4.23. The van der Waals surface area contributed by atoms with Crippen LogP contribution < -0.4 is 10.6 Å². The van der Waals surface area contributed by atoms with E-state index in [0.717, 1.165) is 0 Å². The summed E-state index contributed by atoms with van der Waals surface area (Å²) in [6.45, 7) is 1.76. The second-order valence-electron chi connectivity index (χ2n) is 4.56. The molecule has 2 amide bonds. The molecule has 22 heavy (non-hydrogen) atoms. The summed E-state index contributed by atoms with van der Waals surface area (Å²) in [5.41, 5.74) is 1.41. The Bertz CT molecular complexity index is 717. The first kappa shape index (κ1) is 16.3. The highest BCUT2D eigenvalue weighted by atomic mass is 35.5. The van der Waals surface area contributed by atoms with E-state index >= 15 is 0 Å². The molecule has 0 aliphatic heterocycles. The van der Waals surface area contributed by atoms with Gasteiger partial charge in [0.2, 0.25) is 5.91 Å². The van der Waals surface area contributed by atoms with E-state index in [1.807, 2.05) is 0 Å². The molecular formula is C16H14Cl2N2O2. The first-order valence-electron chi connectivity index (χ1n) is 6.66. The molecule has 2 N–H and O–H groups in total. The molecule has 4 nitrogen and oxygen atoms in total. The Morgan fingerprint density at radius 1 is 1.05 bits per heavy atom.